The average molecular weight is 338 g/mol. The van der Waals surface area contributed by atoms with Crippen LogP contribution in [0.1, 0.15) is 17.5 Å². The molecule has 4 heteroatoms. The van der Waals surface area contributed by atoms with Crippen molar-refractivity contribution in [2.75, 3.05) is 20.1 Å². The lowest BCUT2D eigenvalue weighted by atomic mass is 9.89. The van der Waals surface area contributed by atoms with Crippen LogP contribution in [0.3, 0.4) is 0 Å². The molecule has 0 bridgehead atoms. The van der Waals surface area contributed by atoms with Crippen LogP contribution in [0, 0.1) is 5.92 Å². The minimum absolute atomic E-state index is 0.135. The largest absolute Gasteiger partial charge is 0.445 e. The molecule has 25 heavy (non-hydrogen) atoms. The van der Waals surface area contributed by atoms with E-state index in [-0.39, 0.29) is 12.1 Å². The third kappa shape index (κ3) is 5.61. The number of nitrogens with zero attached hydrogens (tertiary/aromatic N) is 1. The molecule has 2 aromatic carbocycles. The predicted molar refractivity (Wildman–Crippen MR) is 99.3 cm³/mol. The molecule has 1 amide bonds. The van der Waals surface area contributed by atoms with E-state index in [0.717, 1.165) is 31.5 Å². The lowest BCUT2D eigenvalue weighted by Crippen LogP contribution is -2.49. The molecule has 0 saturated carbocycles. The highest BCUT2D eigenvalue weighted by Crippen LogP contribution is 2.20. The molecular formula is C21H26N2O2. The van der Waals surface area contributed by atoms with Crippen molar-refractivity contribution in [3.8, 4) is 0 Å². The van der Waals surface area contributed by atoms with Gasteiger partial charge in [0.25, 0.3) is 0 Å². The number of carbonyl (C=O) groups is 1. The first kappa shape index (κ1) is 17.5. The van der Waals surface area contributed by atoms with Gasteiger partial charge in [-0.15, -0.1) is 0 Å². The summed E-state index contributed by atoms with van der Waals surface area (Å²) in [5.74, 6) is 0.542. The Morgan fingerprint density at radius 2 is 1.68 bits per heavy atom. The van der Waals surface area contributed by atoms with Crippen LogP contribution in [0.4, 0.5) is 4.79 Å². The van der Waals surface area contributed by atoms with Crippen molar-refractivity contribution in [3.05, 3.63) is 71.8 Å². The number of rotatable bonds is 5. The lowest BCUT2D eigenvalue weighted by molar-refractivity contribution is 0.118. The molecule has 0 spiro atoms. The fourth-order valence-corrected chi connectivity index (χ4v) is 3.57. The van der Waals surface area contributed by atoms with E-state index in [0.29, 0.717) is 12.5 Å². The van der Waals surface area contributed by atoms with E-state index in [2.05, 4.69) is 41.5 Å². The van der Waals surface area contributed by atoms with E-state index < -0.39 is 0 Å². The number of ether oxygens (including phenoxy) is 1. The second-order valence-corrected chi connectivity index (χ2v) is 6.92. The lowest BCUT2D eigenvalue weighted by Gasteiger charge is -2.36. The molecule has 4 nitrogen and oxygen atoms in total. The first-order valence-electron chi connectivity index (χ1n) is 8.88. The maximum absolute atomic E-state index is 12.1. The van der Waals surface area contributed by atoms with Crippen molar-refractivity contribution in [2.24, 2.45) is 5.92 Å². The topological polar surface area (TPSA) is 41.6 Å². The highest BCUT2D eigenvalue weighted by molar-refractivity contribution is 5.67. The van der Waals surface area contributed by atoms with E-state index in [1.165, 1.54) is 5.56 Å². The summed E-state index contributed by atoms with van der Waals surface area (Å²) in [4.78, 5) is 14.4. The summed E-state index contributed by atoms with van der Waals surface area (Å²) in [6.45, 7) is 2.24. The van der Waals surface area contributed by atoms with E-state index in [1.807, 2.05) is 36.4 Å². The first-order chi connectivity index (χ1) is 12.2. The SMILES string of the molecule is CN1CC(Cc2ccccc2)CC(NC(=O)OCc2ccccc2)C1. The minimum atomic E-state index is -0.331. The summed E-state index contributed by atoms with van der Waals surface area (Å²) in [7, 11) is 2.11. The van der Waals surface area contributed by atoms with Crippen LogP contribution in [0.15, 0.2) is 60.7 Å². The molecule has 0 aromatic heterocycles. The molecule has 2 aromatic rings. The molecule has 3 rings (SSSR count). The Morgan fingerprint density at radius 1 is 1.04 bits per heavy atom. The number of alkyl carbamates (subject to hydrolysis) is 1. The van der Waals surface area contributed by atoms with Crippen LogP contribution in [0.5, 0.6) is 0 Å². The van der Waals surface area contributed by atoms with Crippen molar-refractivity contribution in [3.63, 3.8) is 0 Å². The maximum atomic E-state index is 12.1. The van der Waals surface area contributed by atoms with Crippen LogP contribution >= 0.6 is 0 Å². The van der Waals surface area contributed by atoms with Gasteiger partial charge in [0.15, 0.2) is 0 Å². The van der Waals surface area contributed by atoms with Crippen LogP contribution in [-0.2, 0) is 17.8 Å². The fraction of sp³-hybridized carbons (Fsp3) is 0.381. The first-order valence-corrected chi connectivity index (χ1v) is 8.88. The van der Waals surface area contributed by atoms with Crippen LogP contribution in [0.25, 0.3) is 0 Å². The zero-order valence-electron chi connectivity index (χ0n) is 14.7. The van der Waals surface area contributed by atoms with E-state index in [1.54, 1.807) is 0 Å². The molecule has 2 atom stereocenters. The molecule has 0 radical (unpaired) electrons. The van der Waals surface area contributed by atoms with Crippen LogP contribution in [0.2, 0.25) is 0 Å². The van der Waals surface area contributed by atoms with Gasteiger partial charge in [0.05, 0.1) is 0 Å². The number of likely N-dealkylation sites (tertiary alicyclic amines) is 1. The Hall–Kier alpha value is -2.33. The van der Waals surface area contributed by atoms with Gasteiger partial charge in [0.2, 0.25) is 0 Å². The molecule has 1 aliphatic rings. The van der Waals surface area contributed by atoms with E-state index >= 15 is 0 Å². The minimum Gasteiger partial charge on any atom is -0.445 e. The molecule has 1 N–H and O–H groups in total. The third-order valence-electron chi connectivity index (χ3n) is 4.62. The number of amides is 1. The smallest absolute Gasteiger partial charge is 0.407 e. The summed E-state index contributed by atoms with van der Waals surface area (Å²) < 4.78 is 5.35. The molecule has 132 valence electrons. The number of benzene rings is 2. The van der Waals surface area contributed by atoms with Crippen molar-refractivity contribution < 1.29 is 9.53 Å². The van der Waals surface area contributed by atoms with Gasteiger partial charge in [-0.1, -0.05) is 60.7 Å². The van der Waals surface area contributed by atoms with E-state index in [9.17, 15) is 4.79 Å². The van der Waals surface area contributed by atoms with Gasteiger partial charge in [-0.25, -0.2) is 4.79 Å². The van der Waals surface area contributed by atoms with Gasteiger partial charge >= 0.3 is 6.09 Å². The summed E-state index contributed by atoms with van der Waals surface area (Å²) in [5.41, 5.74) is 2.36. The van der Waals surface area contributed by atoms with Gasteiger partial charge in [0.1, 0.15) is 6.61 Å². The van der Waals surface area contributed by atoms with E-state index in [4.69, 9.17) is 4.74 Å². The molecule has 0 aliphatic carbocycles. The van der Waals surface area contributed by atoms with Gasteiger partial charge in [-0.3, -0.25) is 0 Å². The molecule has 2 unspecified atom stereocenters. The zero-order chi connectivity index (χ0) is 17.5. The quantitative estimate of drug-likeness (QED) is 0.907. The van der Waals surface area contributed by atoms with Gasteiger partial charge < -0.3 is 15.0 Å². The number of piperidine rings is 1. The second-order valence-electron chi connectivity index (χ2n) is 6.92. The third-order valence-corrected chi connectivity index (χ3v) is 4.62. The number of nitrogens with one attached hydrogen (secondary N) is 1. The molecule has 1 fully saturated rings. The zero-order valence-corrected chi connectivity index (χ0v) is 14.7. The molecule has 1 aliphatic heterocycles. The standard InChI is InChI=1S/C21H26N2O2/c1-23-14-19(12-17-8-4-2-5-9-17)13-20(15-23)22-21(24)25-16-18-10-6-3-7-11-18/h2-11,19-20H,12-16H2,1H3,(H,22,24). The monoisotopic (exact) mass is 338 g/mol. The van der Waals surface area contributed by atoms with Crippen molar-refractivity contribution in [1.82, 2.24) is 10.2 Å². The Kier molecular flexibility index (Phi) is 6.07. The Labute approximate surface area is 149 Å². The predicted octanol–water partition coefficient (Wildman–Crippen LogP) is 3.48. The normalized spacial score (nSPS) is 20.8. The maximum Gasteiger partial charge on any atom is 0.407 e. The van der Waals surface area contributed by atoms with Crippen LogP contribution in [-0.4, -0.2) is 37.2 Å². The Balaban J connectivity index is 1.48. The van der Waals surface area contributed by atoms with Gasteiger partial charge in [0, 0.05) is 19.1 Å². The second kappa shape index (κ2) is 8.67. The number of carbonyl (C=O) groups excluding carboxylic acids is 1. The fourth-order valence-electron chi connectivity index (χ4n) is 3.57. The molecule has 1 saturated heterocycles. The summed E-state index contributed by atoms with van der Waals surface area (Å²) in [5, 5.41) is 3.03. The highest BCUT2D eigenvalue weighted by atomic mass is 16.5. The Bertz CT molecular complexity index is 660. The molecule has 1 heterocycles. The average Bonchev–Trinajstić information content (AvgIpc) is 2.61. The number of likely N-dealkylation sites (N-methyl/N-ethyl adjacent to an activating group) is 1. The van der Waals surface area contributed by atoms with Crippen molar-refractivity contribution >= 4 is 6.09 Å². The summed E-state index contributed by atoms with van der Waals surface area (Å²) in [6, 6.07) is 20.4. The number of hydrogen-bond donors (Lipinski definition) is 1. The Morgan fingerprint density at radius 3 is 2.36 bits per heavy atom. The van der Waals surface area contributed by atoms with Crippen molar-refractivity contribution in [1.29, 1.82) is 0 Å². The van der Waals surface area contributed by atoms with Gasteiger partial charge in [-0.05, 0) is 36.9 Å². The van der Waals surface area contributed by atoms with Gasteiger partial charge in [-0.2, -0.15) is 0 Å². The van der Waals surface area contributed by atoms with Crippen LogP contribution < -0.4 is 5.32 Å². The highest BCUT2D eigenvalue weighted by Gasteiger charge is 2.26. The number of hydrogen-bond acceptors (Lipinski definition) is 3. The molecular weight excluding hydrogens is 312 g/mol. The summed E-state index contributed by atoms with van der Waals surface area (Å²) >= 11 is 0. The van der Waals surface area contributed by atoms with Crippen molar-refractivity contribution in [2.45, 2.75) is 25.5 Å². The summed E-state index contributed by atoms with van der Waals surface area (Å²) in [6.07, 6.45) is 1.70.